The average Bonchev–Trinajstić information content (AvgIpc) is 3.26. The van der Waals surface area contributed by atoms with Crippen LogP contribution in [-0.4, -0.2) is 34.9 Å². The minimum Gasteiger partial charge on any atom is -0.444 e. The van der Waals surface area contributed by atoms with Crippen molar-refractivity contribution in [3.8, 4) is 11.5 Å². The van der Waals surface area contributed by atoms with Crippen LogP contribution < -0.4 is 5.73 Å². The van der Waals surface area contributed by atoms with Crippen LogP contribution in [0, 0.1) is 17.7 Å². The number of halogens is 1. The smallest absolute Gasteiger partial charge is 0.228 e. The van der Waals surface area contributed by atoms with E-state index < -0.39 is 0 Å². The van der Waals surface area contributed by atoms with Gasteiger partial charge in [0, 0.05) is 24.7 Å². The Morgan fingerprint density at radius 2 is 2.08 bits per heavy atom. The molecule has 1 aromatic heterocycles. The second-order valence-electron chi connectivity index (χ2n) is 6.79. The van der Waals surface area contributed by atoms with Crippen LogP contribution in [0.4, 0.5) is 4.39 Å². The molecule has 1 saturated heterocycles. The van der Waals surface area contributed by atoms with E-state index in [1.54, 1.807) is 12.1 Å². The summed E-state index contributed by atoms with van der Waals surface area (Å²) in [4.78, 5) is 18.7. The van der Waals surface area contributed by atoms with Gasteiger partial charge in [-0.15, -0.1) is 0 Å². The number of aromatic nitrogens is 1. The molecule has 0 radical (unpaired) electrons. The van der Waals surface area contributed by atoms with Crippen LogP contribution in [0.3, 0.4) is 0 Å². The Balaban J connectivity index is 1.41. The largest absolute Gasteiger partial charge is 0.444 e. The van der Waals surface area contributed by atoms with Crippen LogP contribution in [0.1, 0.15) is 18.5 Å². The van der Waals surface area contributed by atoms with E-state index in [4.69, 9.17) is 10.2 Å². The lowest BCUT2D eigenvalue weighted by atomic mass is 9.98. The molecule has 5 nitrogen and oxygen atoms in total. The van der Waals surface area contributed by atoms with E-state index in [-0.39, 0.29) is 24.2 Å². The summed E-state index contributed by atoms with van der Waals surface area (Å²) in [5.74, 6) is 1.16. The van der Waals surface area contributed by atoms with E-state index in [9.17, 15) is 9.18 Å². The Hall–Kier alpha value is -2.21. The fourth-order valence-electron chi connectivity index (χ4n) is 3.89. The number of fused-ring (bicyclic) bond motifs is 1. The Bertz CT molecular complexity index is 743. The molecule has 2 N–H and O–H groups in total. The number of benzene rings is 1. The van der Waals surface area contributed by atoms with Crippen molar-refractivity contribution in [2.45, 2.75) is 25.3 Å². The van der Waals surface area contributed by atoms with E-state index in [0.29, 0.717) is 29.0 Å². The molecule has 2 heterocycles. The quantitative estimate of drug-likeness (QED) is 0.937. The molecule has 1 amide bonds. The van der Waals surface area contributed by atoms with Gasteiger partial charge in [-0.2, -0.15) is 0 Å². The zero-order chi connectivity index (χ0) is 16.7. The van der Waals surface area contributed by atoms with Gasteiger partial charge in [0.25, 0.3) is 0 Å². The predicted octanol–water partition coefficient (Wildman–Crippen LogP) is 2.22. The molecule has 1 aliphatic carbocycles. The van der Waals surface area contributed by atoms with Crippen LogP contribution in [0.5, 0.6) is 0 Å². The van der Waals surface area contributed by atoms with Crippen LogP contribution in [-0.2, 0) is 11.2 Å². The maximum absolute atomic E-state index is 13.0. The lowest BCUT2D eigenvalue weighted by molar-refractivity contribution is -0.129. The summed E-state index contributed by atoms with van der Waals surface area (Å²) < 4.78 is 18.4. The first-order chi connectivity index (χ1) is 11.6. The number of amides is 1. The van der Waals surface area contributed by atoms with Crippen molar-refractivity contribution in [2.75, 3.05) is 13.1 Å². The van der Waals surface area contributed by atoms with Crippen molar-refractivity contribution in [1.82, 2.24) is 9.88 Å². The van der Waals surface area contributed by atoms with Gasteiger partial charge in [0.05, 0.1) is 12.1 Å². The molecule has 24 heavy (non-hydrogen) atoms. The number of nitrogens with zero attached hydrogens (tertiary/aromatic N) is 2. The molecular weight excluding hydrogens is 309 g/mol. The Morgan fingerprint density at radius 1 is 1.29 bits per heavy atom. The van der Waals surface area contributed by atoms with Gasteiger partial charge in [-0.25, -0.2) is 9.37 Å². The predicted molar refractivity (Wildman–Crippen MR) is 86.4 cm³/mol. The van der Waals surface area contributed by atoms with E-state index in [1.165, 1.54) is 18.4 Å². The van der Waals surface area contributed by atoms with Gasteiger partial charge in [0.2, 0.25) is 11.8 Å². The average molecular weight is 329 g/mol. The number of likely N-dealkylation sites (tertiary alicyclic amines) is 1. The first kappa shape index (κ1) is 15.3. The van der Waals surface area contributed by atoms with Crippen LogP contribution in [0.2, 0.25) is 0 Å². The number of oxazole rings is 1. The van der Waals surface area contributed by atoms with Gasteiger partial charge >= 0.3 is 0 Å². The van der Waals surface area contributed by atoms with Crippen LogP contribution in [0.15, 0.2) is 34.9 Å². The van der Waals surface area contributed by atoms with Crippen LogP contribution >= 0.6 is 0 Å². The fourth-order valence-corrected chi connectivity index (χ4v) is 3.89. The number of carbonyl (C=O) groups excluding carboxylic acids is 1. The molecule has 1 aliphatic heterocycles. The molecular formula is C18H20FN3O2. The summed E-state index contributed by atoms with van der Waals surface area (Å²) in [7, 11) is 0. The van der Waals surface area contributed by atoms with E-state index in [0.717, 1.165) is 25.9 Å². The number of nitrogens with two attached hydrogens (primary N) is 1. The molecule has 1 saturated carbocycles. The zero-order valence-corrected chi connectivity index (χ0v) is 13.3. The fraction of sp³-hybridized carbons (Fsp3) is 0.444. The molecule has 1 aromatic carbocycles. The second-order valence-corrected chi connectivity index (χ2v) is 6.79. The molecule has 3 atom stereocenters. The summed E-state index contributed by atoms with van der Waals surface area (Å²) in [5, 5.41) is 0. The SMILES string of the molecule is NC1CCC2CN(C(=O)Cc3coc(-c4ccc(F)cc4)n3)CC12. The topological polar surface area (TPSA) is 72.4 Å². The number of carbonyl (C=O) groups is 1. The van der Waals surface area contributed by atoms with Gasteiger partial charge in [-0.3, -0.25) is 4.79 Å². The monoisotopic (exact) mass is 329 g/mol. The van der Waals surface area contributed by atoms with Crippen molar-refractivity contribution in [3.63, 3.8) is 0 Å². The first-order valence-corrected chi connectivity index (χ1v) is 8.34. The Morgan fingerprint density at radius 3 is 2.83 bits per heavy atom. The summed E-state index contributed by atoms with van der Waals surface area (Å²) >= 11 is 0. The normalized spacial score (nSPS) is 25.9. The van der Waals surface area contributed by atoms with E-state index >= 15 is 0 Å². The zero-order valence-electron chi connectivity index (χ0n) is 13.3. The number of hydrogen-bond acceptors (Lipinski definition) is 4. The van der Waals surface area contributed by atoms with E-state index in [2.05, 4.69) is 4.98 Å². The molecule has 0 spiro atoms. The third-order valence-corrected chi connectivity index (χ3v) is 5.24. The van der Waals surface area contributed by atoms with Gasteiger partial charge in [0.15, 0.2) is 0 Å². The van der Waals surface area contributed by atoms with Gasteiger partial charge in [0.1, 0.15) is 12.1 Å². The standard InChI is InChI=1S/C18H20FN3O2/c19-13-4-1-11(2-5-13)18-21-14(10-24-18)7-17(23)22-8-12-3-6-16(20)15(12)9-22/h1-2,4-5,10,12,15-16H,3,6-9,20H2. The molecule has 4 rings (SSSR count). The second kappa shape index (κ2) is 6.02. The third-order valence-electron chi connectivity index (χ3n) is 5.24. The highest BCUT2D eigenvalue weighted by Crippen LogP contribution is 2.37. The Kier molecular flexibility index (Phi) is 3.84. The van der Waals surface area contributed by atoms with Crippen molar-refractivity contribution in [2.24, 2.45) is 17.6 Å². The summed E-state index contributed by atoms with van der Waals surface area (Å²) in [6.07, 6.45) is 3.91. The van der Waals surface area contributed by atoms with Crippen molar-refractivity contribution in [3.05, 3.63) is 42.0 Å². The summed E-state index contributed by atoms with van der Waals surface area (Å²) in [6, 6.07) is 6.16. The van der Waals surface area contributed by atoms with Crippen molar-refractivity contribution >= 4 is 5.91 Å². The minimum atomic E-state index is -0.307. The molecule has 126 valence electrons. The van der Waals surface area contributed by atoms with Crippen LogP contribution in [0.25, 0.3) is 11.5 Å². The maximum atomic E-state index is 13.0. The highest BCUT2D eigenvalue weighted by Gasteiger charge is 2.42. The Labute approximate surface area is 139 Å². The van der Waals surface area contributed by atoms with Gasteiger partial charge in [-0.1, -0.05) is 0 Å². The lowest BCUT2D eigenvalue weighted by Crippen LogP contribution is -2.34. The molecule has 2 fully saturated rings. The highest BCUT2D eigenvalue weighted by molar-refractivity contribution is 5.78. The molecule has 2 aromatic rings. The lowest BCUT2D eigenvalue weighted by Gasteiger charge is -2.18. The molecule has 3 unspecified atom stereocenters. The minimum absolute atomic E-state index is 0.0653. The van der Waals surface area contributed by atoms with E-state index in [1.807, 2.05) is 4.90 Å². The first-order valence-electron chi connectivity index (χ1n) is 8.34. The third kappa shape index (κ3) is 2.82. The van der Waals surface area contributed by atoms with Gasteiger partial charge in [-0.05, 0) is 48.9 Å². The number of rotatable bonds is 3. The van der Waals surface area contributed by atoms with Crippen molar-refractivity contribution < 1.29 is 13.6 Å². The maximum Gasteiger partial charge on any atom is 0.228 e. The molecule has 0 bridgehead atoms. The molecule has 2 aliphatic rings. The summed E-state index contributed by atoms with van der Waals surface area (Å²) in [6.45, 7) is 1.56. The van der Waals surface area contributed by atoms with Crippen molar-refractivity contribution in [1.29, 1.82) is 0 Å². The highest BCUT2D eigenvalue weighted by atomic mass is 19.1. The molecule has 6 heteroatoms. The number of hydrogen-bond donors (Lipinski definition) is 1. The summed E-state index contributed by atoms with van der Waals surface area (Å²) in [5.41, 5.74) is 7.41. The van der Waals surface area contributed by atoms with Gasteiger partial charge < -0.3 is 15.1 Å².